The molecule has 4 heterocycles. The van der Waals surface area contributed by atoms with Gasteiger partial charge in [-0.1, -0.05) is 35.2 Å². The van der Waals surface area contributed by atoms with E-state index in [1.807, 2.05) is 61.7 Å². The van der Waals surface area contributed by atoms with E-state index in [0.717, 1.165) is 37.7 Å². The van der Waals surface area contributed by atoms with E-state index in [2.05, 4.69) is 41.2 Å². The Balaban J connectivity index is 0.000000204. The Morgan fingerprint density at radius 1 is 0.919 bits per heavy atom. The molecule has 3 aromatic carbocycles. The first-order valence-corrected chi connectivity index (χ1v) is 12.2. The van der Waals surface area contributed by atoms with E-state index in [0.29, 0.717) is 11.1 Å². The maximum absolute atomic E-state index is 8.20. The predicted octanol–water partition coefficient (Wildman–Crippen LogP) is 8.83. The molecule has 0 saturated heterocycles. The van der Waals surface area contributed by atoms with Crippen molar-refractivity contribution >= 4 is 43.4 Å². The van der Waals surface area contributed by atoms with Crippen LogP contribution in [0.15, 0.2) is 102 Å². The van der Waals surface area contributed by atoms with E-state index in [9.17, 15) is 0 Å². The third-order valence-electron chi connectivity index (χ3n) is 5.80. The summed E-state index contributed by atoms with van der Waals surface area (Å²) >= 11 is 1.71. The van der Waals surface area contributed by atoms with Gasteiger partial charge in [-0.15, -0.1) is 65.4 Å². The van der Waals surface area contributed by atoms with Crippen molar-refractivity contribution in [2.24, 2.45) is 0 Å². The summed E-state index contributed by atoms with van der Waals surface area (Å²) in [5.74, 6) is 0. The Morgan fingerprint density at radius 2 is 1.84 bits per heavy atom. The molecule has 0 atom stereocenters. The summed E-state index contributed by atoms with van der Waals surface area (Å²) in [6, 6.07) is 27.0. The van der Waals surface area contributed by atoms with Crippen LogP contribution < -0.4 is 0 Å². The van der Waals surface area contributed by atoms with Crippen LogP contribution in [0.4, 0.5) is 0 Å². The van der Waals surface area contributed by atoms with Crippen molar-refractivity contribution < 1.29 is 30.0 Å². The van der Waals surface area contributed by atoms with Crippen LogP contribution in [-0.4, -0.2) is 9.97 Å². The number of thiophene rings is 1. The first-order valence-electron chi connectivity index (χ1n) is 13.4. The van der Waals surface area contributed by atoms with Gasteiger partial charge < -0.3 is 14.4 Å². The third kappa shape index (κ3) is 4.99. The molecule has 0 N–H and O–H groups in total. The summed E-state index contributed by atoms with van der Waals surface area (Å²) in [6.45, 7) is 4.10. The molecule has 0 aliphatic carbocycles. The Hall–Kier alpha value is -3.63. The van der Waals surface area contributed by atoms with E-state index in [1.165, 1.54) is 10.4 Å². The van der Waals surface area contributed by atoms with Crippen LogP contribution in [0.2, 0.25) is 0 Å². The first kappa shape index (κ1) is 20.4. The predicted molar refractivity (Wildman–Crippen MR) is 149 cm³/mol. The molecule has 7 aromatic rings. The summed E-state index contributed by atoms with van der Waals surface area (Å²) < 4.78 is 38.9. The zero-order chi connectivity index (χ0) is 28.0. The van der Waals surface area contributed by atoms with Crippen LogP contribution >= 0.6 is 11.3 Å². The molecule has 0 aliphatic heterocycles. The number of aromatic nitrogens is 2. The SMILES string of the molecule is Cc1ccc(-c2[c-]cccc2)nc1.[2H]c1nc(-c2[c-]ccc3c2oc2ccc4cc(C)sc4c23)c([2H])c([2H])c1[2H].[Ir]. The summed E-state index contributed by atoms with van der Waals surface area (Å²) in [4.78, 5) is 9.61. The standard InChI is InChI=1S/C20H12NOS.C12H10N.Ir/c1-12-11-13-8-9-17-18(20(13)23-12)15-6-4-5-14(19(15)22-17)16-7-2-3-10-21-16;1-10-7-8-12(13-9-10)11-5-3-2-4-6-11;/h2-4,6-11H,1H3;2-5,7-9H,1H3;/q2*-1;/i2D,3D,7D,10D;;. The van der Waals surface area contributed by atoms with Gasteiger partial charge in [0.25, 0.3) is 0 Å². The molecule has 0 fully saturated rings. The quantitative estimate of drug-likeness (QED) is 0.172. The van der Waals surface area contributed by atoms with Crippen molar-refractivity contribution in [1.82, 2.24) is 9.97 Å². The minimum atomic E-state index is -0.351. The van der Waals surface area contributed by atoms with Gasteiger partial charge in [0.1, 0.15) is 5.58 Å². The average Bonchev–Trinajstić information content (AvgIpc) is 3.54. The van der Waals surface area contributed by atoms with Crippen molar-refractivity contribution in [3.05, 3.63) is 120 Å². The van der Waals surface area contributed by atoms with Crippen molar-refractivity contribution in [3.63, 3.8) is 0 Å². The summed E-state index contributed by atoms with van der Waals surface area (Å²) in [6.07, 6.45) is 1.54. The number of pyridine rings is 2. The minimum Gasteiger partial charge on any atom is -0.501 e. The van der Waals surface area contributed by atoms with Gasteiger partial charge in [0.15, 0.2) is 0 Å². The second-order valence-electron chi connectivity index (χ2n) is 8.36. The maximum atomic E-state index is 8.20. The van der Waals surface area contributed by atoms with Crippen LogP contribution in [0.3, 0.4) is 0 Å². The monoisotopic (exact) mass is 679 g/mol. The van der Waals surface area contributed by atoms with Crippen molar-refractivity contribution in [2.75, 3.05) is 0 Å². The van der Waals surface area contributed by atoms with E-state index in [-0.39, 0.29) is 50.1 Å². The molecule has 0 amide bonds. The molecular formula is C32H22IrN2OS-2. The number of furan rings is 1. The van der Waals surface area contributed by atoms with Crippen molar-refractivity contribution in [2.45, 2.75) is 13.8 Å². The van der Waals surface area contributed by atoms with E-state index in [1.54, 1.807) is 17.4 Å². The van der Waals surface area contributed by atoms with Gasteiger partial charge in [0.2, 0.25) is 0 Å². The fraction of sp³-hybridized carbons (Fsp3) is 0.0625. The molecule has 0 bridgehead atoms. The Morgan fingerprint density at radius 3 is 2.65 bits per heavy atom. The van der Waals surface area contributed by atoms with Crippen LogP contribution in [0.5, 0.6) is 0 Å². The van der Waals surface area contributed by atoms with Crippen LogP contribution in [-0.2, 0) is 20.1 Å². The van der Waals surface area contributed by atoms with Crippen molar-refractivity contribution in [1.29, 1.82) is 0 Å². The van der Waals surface area contributed by atoms with Gasteiger partial charge in [-0.25, -0.2) is 0 Å². The summed E-state index contributed by atoms with van der Waals surface area (Å²) in [5, 5.41) is 3.05. The Kier molecular flexibility index (Phi) is 5.95. The fourth-order valence-corrected chi connectivity index (χ4v) is 5.22. The maximum Gasteiger partial charge on any atom is 0.122 e. The molecule has 0 saturated carbocycles. The molecule has 7 rings (SSSR count). The molecule has 4 aromatic heterocycles. The van der Waals surface area contributed by atoms with E-state index >= 15 is 0 Å². The molecule has 0 unspecified atom stereocenters. The van der Waals surface area contributed by atoms with Crippen LogP contribution in [0.1, 0.15) is 15.9 Å². The zero-order valence-electron chi connectivity index (χ0n) is 24.0. The number of hydrogen-bond acceptors (Lipinski definition) is 4. The van der Waals surface area contributed by atoms with Gasteiger partial charge >= 0.3 is 0 Å². The number of hydrogen-bond donors (Lipinski definition) is 0. The average molecular weight is 679 g/mol. The van der Waals surface area contributed by atoms with E-state index in [4.69, 9.17) is 9.90 Å². The van der Waals surface area contributed by atoms with Gasteiger partial charge in [-0.05, 0) is 60.4 Å². The summed E-state index contributed by atoms with van der Waals surface area (Å²) in [5.41, 5.74) is 5.05. The number of aryl methyl sites for hydroxylation is 2. The number of fused-ring (bicyclic) bond motifs is 5. The molecular weight excluding hydrogens is 653 g/mol. The van der Waals surface area contributed by atoms with Gasteiger partial charge in [0, 0.05) is 47.4 Å². The number of nitrogens with zero attached hydrogens (tertiary/aromatic N) is 2. The second kappa shape index (κ2) is 10.8. The number of rotatable bonds is 2. The first-order chi connectivity index (χ1) is 19.3. The molecule has 0 aliphatic rings. The topological polar surface area (TPSA) is 38.9 Å². The largest absolute Gasteiger partial charge is 0.501 e. The number of benzene rings is 3. The van der Waals surface area contributed by atoms with Crippen LogP contribution in [0.25, 0.3) is 54.5 Å². The van der Waals surface area contributed by atoms with Gasteiger partial charge in [-0.2, -0.15) is 0 Å². The molecule has 0 spiro atoms. The fourth-order valence-electron chi connectivity index (χ4n) is 4.16. The van der Waals surface area contributed by atoms with Gasteiger partial charge in [-0.3, -0.25) is 0 Å². The molecule has 183 valence electrons. The Labute approximate surface area is 238 Å². The zero-order valence-corrected chi connectivity index (χ0v) is 23.2. The van der Waals surface area contributed by atoms with Gasteiger partial charge in [0.05, 0.1) is 11.1 Å². The second-order valence-corrected chi connectivity index (χ2v) is 9.61. The molecule has 37 heavy (non-hydrogen) atoms. The van der Waals surface area contributed by atoms with E-state index < -0.39 is 0 Å². The minimum absolute atomic E-state index is 0. The Bertz CT molecular complexity index is 2020. The van der Waals surface area contributed by atoms with Crippen LogP contribution in [0, 0.1) is 26.0 Å². The normalized spacial score (nSPS) is 12.3. The smallest absolute Gasteiger partial charge is 0.122 e. The van der Waals surface area contributed by atoms with Crippen molar-refractivity contribution in [3.8, 4) is 22.5 Å². The molecule has 3 nitrogen and oxygen atoms in total. The molecule has 1 radical (unpaired) electrons. The third-order valence-corrected chi connectivity index (χ3v) is 6.89. The molecule has 5 heteroatoms. The summed E-state index contributed by atoms with van der Waals surface area (Å²) in [7, 11) is 0.